The normalized spacial score (nSPS) is 16.8. The van der Waals surface area contributed by atoms with Crippen molar-refractivity contribution in [1.82, 2.24) is 14.9 Å². The van der Waals surface area contributed by atoms with E-state index in [-0.39, 0.29) is 40.6 Å². The van der Waals surface area contributed by atoms with Crippen molar-refractivity contribution in [3.8, 4) is 0 Å². The number of nitrogens with two attached hydrogens (primary N) is 2. The molecule has 1 aromatic rings. The molecule has 0 radical (unpaired) electrons. The Hall–Kier alpha value is -2.28. The second kappa shape index (κ2) is 10.7. The van der Waals surface area contributed by atoms with Crippen LogP contribution in [0.3, 0.4) is 0 Å². The van der Waals surface area contributed by atoms with Gasteiger partial charge in [-0.2, -0.15) is 4.72 Å². The van der Waals surface area contributed by atoms with E-state index >= 15 is 0 Å². The number of benzene rings is 1. The Kier molecular flexibility index (Phi) is 8.53. The second-order valence-corrected chi connectivity index (χ2v) is 8.88. The number of piperidine rings is 1. The number of carbonyl (C=O) groups excluding carboxylic acids is 2. The molecule has 30 heavy (non-hydrogen) atoms. The van der Waals surface area contributed by atoms with Crippen LogP contribution in [0.15, 0.2) is 28.3 Å². The largest absolute Gasteiger partial charge is 0.391 e. The molecule has 0 bridgehead atoms. The molecule has 0 spiro atoms. The minimum Gasteiger partial charge on any atom is -0.391 e. The maximum atomic E-state index is 12.6. The van der Waals surface area contributed by atoms with Crippen LogP contribution in [-0.4, -0.2) is 63.4 Å². The summed E-state index contributed by atoms with van der Waals surface area (Å²) in [5.41, 5.74) is 10.2. The van der Waals surface area contributed by atoms with Gasteiger partial charge in [0.15, 0.2) is 0 Å². The Bertz CT molecular complexity index is 923. The van der Waals surface area contributed by atoms with E-state index < -0.39 is 27.9 Å². The number of halogens is 2. The third-order valence-corrected chi connectivity index (χ3v) is 6.26. The number of likely N-dealkylation sites (tertiary alicyclic amines) is 1. The first-order chi connectivity index (χ1) is 14.1. The molecular formula is C16H22Cl2N6O5S. The van der Waals surface area contributed by atoms with E-state index in [1.54, 1.807) is 0 Å². The zero-order valence-corrected chi connectivity index (χ0v) is 18.1. The van der Waals surface area contributed by atoms with Crippen molar-refractivity contribution in [2.45, 2.75) is 23.8 Å². The first-order valence-electron chi connectivity index (χ1n) is 8.84. The second-order valence-electron chi connectivity index (χ2n) is 6.35. The highest BCUT2D eigenvalue weighted by atomic mass is 35.5. The number of nitrogens with one attached hydrogen (secondary N) is 2. The Morgan fingerprint density at radius 1 is 1.30 bits per heavy atom. The van der Waals surface area contributed by atoms with Gasteiger partial charge in [-0.1, -0.05) is 23.2 Å². The van der Waals surface area contributed by atoms with Gasteiger partial charge in [0.2, 0.25) is 27.8 Å². The molecule has 1 aliphatic heterocycles. The predicted octanol–water partition coefficient (Wildman–Crippen LogP) is -0.416. The summed E-state index contributed by atoms with van der Waals surface area (Å²) < 4.78 is 27.5. The summed E-state index contributed by atoms with van der Waals surface area (Å²) in [6.07, 6.45) is 0.838. The van der Waals surface area contributed by atoms with Crippen LogP contribution < -0.4 is 21.5 Å². The molecule has 2 amide bonds. The number of rotatable bonds is 9. The van der Waals surface area contributed by atoms with E-state index in [9.17, 15) is 18.0 Å². The number of sulfonamides is 1. The molecule has 1 heterocycles. The molecule has 1 saturated heterocycles. The summed E-state index contributed by atoms with van der Waals surface area (Å²) in [6, 6.07) is 2.86. The van der Waals surface area contributed by atoms with Crippen LogP contribution in [0.1, 0.15) is 12.8 Å². The van der Waals surface area contributed by atoms with Crippen LogP contribution in [0.2, 0.25) is 10.0 Å². The number of hydrogen-bond donors (Lipinski definition) is 4. The van der Waals surface area contributed by atoms with Crippen molar-refractivity contribution < 1.29 is 22.8 Å². The Balaban J connectivity index is 1.92. The summed E-state index contributed by atoms with van der Waals surface area (Å²) in [7, 11) is -4.00. The number of nitrogens with zero attached hydrogens (tertiary/aromatic N) is 2. The van der Waals surface area contributed by atoms with Crippen LogP contribution in [-0.2, 0) is 24.4 Å². The zero-order valence-electron chi connectivity index (χ0n) is 15.8. The van der Waals surface area contributed by atoms with Crippen molar-refractivity contribution >= 4 is 51.0 Å². The van der Waals surface area contributed by atoms with E-state index in [4.69, 9.17) is 39.5 Å². The van der Waals surface area contributed by atoms with Crippen LogP contribution in [0.4, 0.5) is 0 Å². The van der Waals surface area contributed by atoms with E-state index in [1.807, 2.05) is 0 Å². The van der Waals surface area contributed by atoms with Gasteiger partial charge in [-0.3, -0.25) is 9.59 Å². The van der Waals surface area contributed by atoms with Crippen LogP contribution in [0.25, 0.3) is 0 Å². The van der Waals surface area contributed by atoms with Gasteiger partial charge in [0.25, 0.3) is 0 Å². The molecule has 1 fully saturated rings. The van der Waals surface area contributed by atoms with Crippen molar-refractivity contribution in [3.05, 3.63) is 28.2 Å². The van der Waals surface area contributed by atoms with Gasteiger partial charge in [-0.05, 0) is 36.2 Å². The van der Waals surface area contributed by atoms with E-state index in [2.05, 4.69) is 15.2 Å². The molecule has 1 aromatic carbocycles. The summed E-state index contributed by atoms with van der Waals surface area (Å²) in [5, 5.41) is 6.15. The van der Waals surface area contributed by atoms with Crippen molar-refractivity contribution in [2.75, 3.05) is 26.2 Å². The van der Waals surface area contributed by atoms with Gasteiger partial charge in [0.1, 0.15) is 12.6 Å². The smallest absolute Gasteiger partial charge is 0.241 e. The maximum Gasteiger partial charge on any atom is 0.241 e. The minimum atomic E-state index is -4.00. The molecule has 1 aliphatic rings. The average molecular weight is 481 g/mol. The molecule has 166 valence electrons. The lowest BCUT2D eigenvalue weighted by Crippen LogP contribution is -2.54. The van der Waals surface area contributed by atoms with E-state index in [1.165, 1.54) is 23.1 Å². The molecule has 2 rings (SSSR count). The first-order valence-corrected chi connectivity index (χ1v) is 11.1. The lowest BCUT2D eigenvalue weighted by Gasteiger charge is -2.32. The summed E-state index contributed by atoms with van der Waals surface area (Å²) in [5.74, 6) is -1.16. The predicted molar refractivity (Wildman–Crippen MR) is 111 cm³/mol. The topological polar surface area (TPSA) is 169 Å². The molecule has 0 aliphatic carbocycles. The highest BCUT2D eigenvalue weighted by Crippen LogP contribution is 2.25. The fourth-order valence-corrected chi connectivity index (χ4v) is 4.30. The molecule has 0 saturated carbocycles. The molecule has 0 unspecified atom stereocenters. The van der Waals surface area contributed by atoms with Gasteiger partial charge < -0.3 is 26.5 Å². The number of amides is 2. The fraction of sp³-hybridized carbons (Fsp3) is 0.438. The quantitative estimate of drug-likeness (QED) is 0.161. The van der Waals surface area contributed by atoms with Gasteiger partial charge in [-0.25, -0.2) is 8.42 Å². The first kappa shape index (κ1) is 24.0. The highest BCUT2D eigenvalue weighted by Gasteiger charge is 2.33. The van der Waals surface area contributed by atoms with Crippen LogP contribution in [0.5, 0.6) is 0 Å². The minimum absolute atomic E-state index is 0.0453. The van der Waals surface area contributed by atoms with Crippen LogP contribution in [0, 0.1) is 0 Å². The molecule has 0 aromatic heterocycles. The van der Waals surface area contributed by atoms with Gasteiger partial charge in [0.05, 0.1) is 28.0 Å². The number of guanidine groups is 1. The van der Waals surface area contributed by atoms with E-state index in [0.717, 1.165) is 0 Å². The summed E-state index contributed by atoms with van der Waals surface area (Å²) in [6.45, 7) is 0.294. The maximum absolute atomic E-state index is 12.6. The Morgan fingerprint density at radius 2 is 2.03 bits per heavy atom. The molecular weight excluding hydrogens is 459 g/mol. The standard InChI is InChI=1S/C16H22Cl2N6O5S/c17-11-4-3-10(8-12(11)18)30(27,28)23-13-2-1-6-24(15(13)26)9-14(25)21-5-7-29-22-16(19)20/h3-4,8,13,23H,1-2,5-7,9H2,(H,21,25)(H4,19,20,22)/t13-/m0/s1. The third-order valence-electron chi connectivity index (χ3n) is 4.05. The lowest BCUT2D eigenvalue weighted by molar-refractivity contribution is -0.139. The Labute approximate surface area is 183 Å². The number of oxime groups is 1. The molecule has 6 N–H and O–H groups in total. The van der Waals surface area contributed by atoms with Crippen LogP contribution >= 0.6 is 23.2 Å². The molecule has 14 heteroatoms. The van der Waals surface area contributed by atoms with Crippen molar-refractivity contribution in [2.24, 2.45) is 16.6 Å². The zero-order chi connectivity index (χ0) is 22.3. The molecule has 1 atom stereocenters. The Morgan fingerprint density at radius 3 is 2.70 bits per heavy atom. The molecule has 11 nitrogen and oxygen atoms in total. The lowest BCUT2D eigenvalue weighted by atomic mass is 10.1. The van der Waals surface area contributed by atoms with Gasteiger partial charge in [-0.15, -0.1) is 0 Å². The van der Waals surface area contributed by atoms with Crippen molar-refractivity contribution in [3.63, 3.8) is 0 Å². The summed E-state index contributed by atoms with van der Waals surface area (Å²) in [4.78, 5) is 30.6. The van der Waals surface area contributed by atoms with Gasteiger partial charge in [0, 0.05) is 6.54 Å². The summed E-state index contributed by atoms with van der Waals surface area (Å²) >= 11 is 11.7. The number of carbonyl (C=O) groups is 2. The van der Waals surface area contributed by atoms with Crippen molar-refractivity contribution in [1.29, 1.82) is 0 Å². The number of hydrogen-bond acceptors (Lipinski definition) is 6. The van der Waals surface area contributed by atoms with E-state index in [0.29, 0.717) is 19.4 Å². The fourth-order valence-electron chi connectivity index (χ4n) is 2.69. The average Bonchev–Trinajstić information content (AvgIpc) is 2.66. The van der Waals surface area contributed by atoms with Gasteiger partial charge >= 0.3 is 0 Å². The third kappa shape index (κ3) is 6.90. The highest BCUT2D eigenvalue weighted by molar-refractivity contribution is 7.89. The SMILES string of the molecule is NC(N)=NOCCNC(=O)CN1CCC[C@H](NS(=O)(=O)c2ccc(Cl)c(Cl)c2)C1=O. The monoisotopic (exact) mass is 480 g/mol.